The first-order valence-corrected chi connectivity index (χ1v) is 14.5. The Morgan fingerprint density at radius 1 is 0.950 bits per heavy atom. The number of amides is 2. The number of unbranched alkanes of at least 4 members (excludes halogenated alkanes) is 1. The number of carbonyl (C=O) groups excluding carboxylic acids is 3. The standard InChI is InChI=1S/C27H49N7O6/c1-27(2,3)40-26(37)34-17-16-31(20-22(34)24(28)29)9-5-6-11-33-19-21(39-25(33)36)18-32-14-12-30(13-15-32)10-7-8-23(35)38-4/h21-22H,5-20H2,1-4H3,(H3,28,29). The number of rotatable bonds is 12. The molecule has 3 saturated heterocycles. The largest absolute Gasteiger partial charge is 0.469 e. The first kappa shape index (κ1) is 31.9. The summed E-state index contributed by atoms with van der Waals surface area (Å²) < 4.78 is 15.8. The zero-order valence-electron chi connectivity index (χ0n) is 24.7. The van der Waals surface area contributed by atoms with Crippen molar-refractivity contribution in [3.63, 3.8) is 0 Å². The second-order valence-electron chi connectivity index (χ2n) is 11.9. The van der Waals surface area contributed by atoms with Crippen LogP contribution >= 0.6 is 0 Å². The van der Waals surface area contributed by atoms with Crippen LogP contribution in [0.2, 0.25) is 0 Å². The fourth-order valence-corrected chi connectivity index (χ4v) is 5.37. The summed E-state index contributed by atoms with van der Waals surface area (Å²) in [7, 11) is 1.42. The Morgan fingerprint density at radius 2 is 1.57 bits per heavy atom. The summed E-state index contributed by atoms with van der Waals surface area (Å²) in [5.41, 5.74) is 5.22. The van der Waals surface area contributed by atoms with E-state index in [2.05, 4.69) is 14.7 Å². The molecule has 3 fully saturated rings. The van der Waals surface area contributed by atoms with Crippen LogP contribution < -0.4 is 5.73 Å². The molecule has 40 heavy (non-hydrogen) atoms. The zero-order valence-corrected chi connectivity index (χ0v) is 24.7. The van der Waals surface area contributed by atoms with Crippen LogP contribution in [-0.2, 0) is 19.0 Å². The molecule has 3 aliphatic heterocycles. The van der Waals surface area contributed by atoms with Gasteiger partial charge in [0.05, 0.1) is 13.7 Å². The Morgan fingerprint density at radius 3 is 2.23 bits per heavy atom. The highest BCUT2D eigenvalue weighted by molar-refractivity contribution is 5.87. The van der Waals surface area contributed by atoms with E-state index >= 15 is 0 Å². The van der Waals surface area contributed by atoms with Crippen molar-refractivity contribution in [2.75, 3.05) is 85.6 Å². The number of methoxy groups -OCH3 is 1. The summed E-state index contributed by atoms with van der Waals surface area (Å²) in [4.78, 5) is 46.6. The molecular formula is C27H49N7O6. The Hall–Kier alpha value is -2.64. The van der Waals surface area contributed by atoms with Crippen molar-refractivity contribution in [2.24, 2.45) is 5.73 Å². The van der Waals surface area contributed by atoms with Crippen LogP contribution in [0.4, 0.5) is 9.59 Å². The van der Waals surface area contributed by atoms with Gasteiger partial charge in [-0.2, -0.15) is 0 Å². The van der Waals surface area contributed by atoms with Crippen molar-refractivity contribution in [3.8, 4) is 0 Å². The number of nitrogens with zero attached hydrogens (tertiary/aromatic N) is 5. The molecule has 0 aromatic heterocycles. The van der Waals surface area contributed by atoms with Crippen LogP contribution in [0.1, 0.15) is 46.5 Å². The van der Waals surface area contributed by atoms with Gasteiger partial charge in [0.15, 0.2) is 0 Å². The lowest BCUT2D eigenvalue weighted by molar-refractivity contribution is -0.140. The molecule has 13 heteroatoms. The summed E-state index contributed by atoms with van der Waals surface area (Å²) in [6.45, 7) is 14.6. The van der Waals surface area contributed by atoms with Crippen LogP contribution in [0.15, 0.2) is 0 Å². The number of hydrogen-bond donors (Lipinski definition) is 2. The number of nitrogens with one attached hydrogen (secondary N) is 1. The average Bonchev–Trinajstić information content (AvgIpc) is 3.24. The molecule has 0 bridgehead atoms. The maximum Gasteiger partial charge on any atom is 0.411 e. The van der Waals surface area contributed by atoms with E-state index in [0.29, 0.717) is 39.1 Å². The predicted molar refractivity (Wildman–Crippen MR) is 150 cm³/mol. The monoisotopic (exact) mass is 567 g/mol. The molecule has 0 radical (unpaired) electrons. The van der Waals surface area contributed by atoms with Gasteiger partial charge in [-0.25, -0.2) is 9.59 Å². The number of cyclic esters (lactones) is 1. The normalized spacial score (nSPS) is 23.2. The van der Waals surface area contributed by atoms with Crippen LogP contribution in [0, 0.1) is 5.41 Å². The van der Waals surface area contributed by atoms with E-state index in [1.54, 1.807) is 9.80 Å². The zero-order chi connectivity index (χ0) is 29.3. The number of esters is 1. The van der Waals surface area contributed by atoms with Crippen molar-refractivity contribution in [2.45, 2.75) is 64.2 Å². The molecule has 3 aliphatic rings. The Balaban J connectivity index is 1.31. The molecule has 2 atom stereocenters. The quantitative estimate of drug-likeness (QED) is 0.115. The minimum Gasteiger partial charge on any atom is -0.469 e. The van der Waals surface area contributed by atoms with Gasteiger partial charge < -0.3 is 29.7 Å². The molecule has 0 saturated carbocycles. The molecule has 0 aliphatic carbocycles. The van der Waals surface area contributed by atoms with Crippen LogP contribution in [0.5, 0.6) is 0 Å². The Kier molecular flexibility index (Phi) is 11.8. The molecule has 2 unspecified atom stereocenters. The third-order valence-corrected chi connectivity index (χ3v) is 7.56. The molecule has 13 nitrogen and oxygen atoms in total. The van der Waals surface area contributed by atoms with Gasteiger partial charge in [-0.3, -0.25) is 24.9 Å². The minimum absolute atomic E-state index is 0.0404. The fourth-order valence-electron chi connectivity index (χ4n) is 5.37. The van der Waals surface area contributed by atoms with E-state index in [-0.39, 0.29) is 24.0 Å². The van der Waals surface area contributed by atoms with E-state index in [4.69, 9.17) is 25.4 Å². The topological polar surface area (TPSA) is 145 Å². The SMILES string of the molecule is COC(=O)CCCN1CCN(CC2CN(CCCCN3CCN(C(=O)OC(C)(C)C)C(C(=N)N)C3)C(=O)O2)CC1. The number of ether oxygens (including phenoxy) is 3. The summed E-state index contributed by atoms with van der Waals surface area (Å²) >= 11 is 0. The van der Waals surface area contributed by atoms with Gasteiger partial charge in [-0.1, -0.05) is 0 Å². The first-order valence-electron chi connectivity index (χ1n) is 14.5. The number of carbonyl (C=O) groups is 3. The molecule has 228 valence electrons. The third-order valence-electron chi connectivity index (χ3n) is 7.56. The van der Waals surface area contributed by atoms with Crippen molar-refractivity contribution in [1.82, 2.24) is 24.5 Å². The van der Waals surface area contributed by atoms with Gasteiger partial charge in [0.1, 0.15) is 23.6 Å². The van der Waals surface area contributed by atoms with E-state index in [1.165, 1.54) is 7.11 Å². The van der Waals surface area contributed by atoms with E-state index in [1.807, 2.05) is 20.8 Å². The van der Waals surface area contributed by atoms with Crippen molar-refractivity contribution in [3.05, 3.63) is 0 Å². The highest BCUT2D eigenvalue weighted by atomic mass is 16.6. The molecule has 0 spiro atoms. The summed E-state index contributed by atoms with van der Waals surface area (Å²) in [5.74, 6) is -0.201. The molecule has 3 N–H and O–H groups in total. The lowest BCUT2D eigenvalue weighted by atomic mass is 10.1. The Bertz CT molecular complexity index is 874. The second-order valence-corrected chi connectivity index (χ2v) is 11.9. The lowest BCUT2D eigenvalue weighted by Gasteiger charge is -2.41. The highest BCUT2D eigenvalue weighted by Gasteiger charge is 2.35. The van der Waals surface area contributed by atoms with Gasteiger partial charge in [0.25, 0.3) is 0 Å². The summed E-state index contributed by atoms with van der Waals surface area (Å²) in [6, 6.07) is -0.500. The predicted octanol–water partition coefficient (Wildman–Crippen LogP) is 1.02. The molecule has 2 amide bonds. The summed E-state index contributed by atoms with van der Waals surface area (Å²) in [6.07, 6.45) is 2.21. The summed E-state index contributed by atoms with van der Waals surface area (Å²) in [5, 5.41) is 7.97. The van der Waals surface area contributed by atoms with Crippen LogP contribution in [0.25, 0.3) is 0 Å². The fraction of sp³-hybridized carbons (Fsp3) is 0.852. The number of nitrogens with two attached hydrogens (primary N) is 1. The number of hydrogen-bond acceptors (Lipinski definition) is 10. The van der Waals surface area contributed by atoms with Gasteiger partial charge in [0, 0.05) is 65.3 Å². The highest BCUT2D eigenvalue weighted by Crippen LogP contribution is 2.18. The van der Waals surface area contributed by atoms with Crippen LogP contribution in [0.3, 0.4) is 0 Å². The average molecular weight is 568 g/mol. The minimum atomic E-state index is -0.603. The second kappa shape index (κ2) is 14.8. The lowest BCUT2D eigenvalue weighted by Crippen LogP contribution is -2.60. The van der Waals surface area contributed by atoms with E-state index in [0.717, 1.165) is 65.1 Å². The smallest absolute Gasteiger partial charge is 0.411 e. The van der Waals surface area contributed by atoms with Crippen LogP contribution in [-0.4, -0.2) is 152 Å². The van der Waals surface area contributed by atoms with Gasteiger partial charge in [0.2, 0.25) is 0 Å². The van der Waals surface area contributed by atoms with Gasteiger partial charge in [-0.15, -0.1) is 0 Å². The van der Waals surface area contributed by atoms with Crippen molar-refractivity contribution in [1.29, 1.82) is 5.41 Å². The number of piperazine rings is 2. The van der Waals surface area contributed by atoms with E-state index in [9.17, 15) is 14.4 Å². The number of amidine groups is 1. The van der Waals surface area contributed by atoms with Crippen molar-refractivity contribution < 1.29 is 28.6 Å². The van der Waals surface area contributed by atoms with Gasteiger partial charge in [-0.05, 0) is 53.1 Å². The van der Waals surface area contributed by atoms with E-state index < -0.39 is 17.7 Å². The molecule has 0 aromatic rings. The molecular weight excluding hydrogens is 518 g/mol. The molecule has 0 aromatic carbocycles. The first-order chi connectivity index (χ1) is 18.9. The van der Waals surface area contributed by atoms with Gasteiger partial charge >= 0.3 is 18.2 Å². The maximum absolute atomic E-state index is 12.6. The van der Waals surface area contributed by atoms with Crippen molar-refractivity contribution >= 4 is 24.0 Å². The third kappa shape index (κ3) is 10.1. The maximum atomic E-state index is 12.6. The Labute approximate surface area is 238 Å². The molecule has 3 heterocycles. The molecule has 3 rings (SSSR count).